The van der Waals surface area contributed by atoms with Crippen LogP contribution in [0.5, 0.6) is 0 Å². The van der Waals surface area contributed by atoms with Gasteiger partial charge in [0, 0.05) is 43.0 Å². The minimum absolute atomic E-state index is 0.0252. The molecule has 2 aromatic carbocycles. The van der Waals surface area contributed by atoms with Gasteiger partial charge in [-0.05, 0) is 60.9 Å². The Kier molecular flexibility index (Phi) is 5.57. The first-order valence-electron chi connectivity index (χ1n) is 10.8. The van der Waals surface area contributed by atoms with Crippen LogP contribution in [0.4, 0.5) is 14.5 Å². The molecule has 0 radical (unpaired) electrons. The van der Waals surface area contributed by atoms with E-state index >= 15 is 0 Å². The van der Waals surface area contributed by atoms with Crippen LogP contribution in [0.1, 0.15) is 28.4 Å². The second-order valence-electron chi connectivity index (χ2n) is 8.62. The van der Waals surface area contributed by atoms with E-state index < -0.39 is 33.1 Å². The molecule has 2 aliphatic heterocycles. The number of hydrogen-bond acceptors (Lipinski definition) is 4. The summed E-state index contributed by atoms with van der Waals surface area (Å²) in [6.07, 6.45) is 0.782. The molecule has 7 nitrogen and oxygen atoms in total. The fourth-order valence-electron chi connectivity index (χ4n) is 4.77. The molecule has 10 heteroatoms. The average Bonchev–Trinajstić information content (AvgIpc) is 2.81. The number of benzene rings is 2. The van der Waals surface area contributed by atoms with Crippen molar-refractivity contribution in [1.29, 1.82) is 0 Å². The average molecular weight is 486 g/mol. The third-order valence-corrected chi connectivity index (χ3v) is 8.20. The number of sulfonamides is 1. The van der Waals surface area contributed by atoms with Gasteiger partial charge >= 0.3 is 0 Å². The van der Waals surface area contributed by atoms with E-state index in [4.69, 9.17) is 0 Å². The predicted molar refractivity (Wildman–Crippen MR) is 121 cm³/mol. The maximum Gasteiger partial charge on any atom is 0.258 e. The van der Waals surface area contributed by atoms with E-state index in [1.54, 1.807) is 10.6 Å². The lowest BCUT2D eigenvalue weighted by atomic mass is 9.84. The molecule has 3 heterocycles. The van der Waals surface area contributed by atoms with E-state index in [1.165, 1.54) is 22.5 Å². The van der Waals surface area contributed by atoms with Crippen molar-refractivity contribution in [3.8, 4) is 0 Å². The molecule has 2 unspecified atom stereocenters. The van der Waals surface area contributed by atoms with Gasteiger partial charge in [-0.2, -0.15) is 4.31 Å². The molecule has 1 fully saturated rings. The molecule has 176 valence electrons. The van der Waals surface area contributed by atoms with Crippen LogP contribution < -0.4 is 10.9 Å². The second-order valence-corrected chi connectivity index (χ2v) is 10.6. The number of hydrogen-bond donors (Lipinski definition) is 1. The number of piperidine rings is 1. The quantitative estimate of drug-likeness (QED) is 0.615. The van der Waals surface area contributed by atoms with Gasteiger partial charge in [-0.15, -0.1) is 0 Å². The third kappa shape index (κ3) is 4.03. The number of carbonyl (C=O) groups is 1. The van der Waals surface area contributed by atoms with E-state index in [-0.39, 0.29) is 41.1 Å². The van der Waals surface area contributed by atoms with Crippen molar-refractivity contribution in [1.82, 2.24) is 8.87 Å². The topological polar surface area (TPSA) is 88.5 Å². The summed E-state index contributed by atoms with van der Waals surface area (Å²) in [7, 11) is -4.02. The molecular weight excluding hydrogens is 464 g/mol. The molecule has 0 saturated carbocycles. The second kappa shape index (κ2) is 8.44. The Hall–Kier alpha value is -3.37. The van der Waals surface area contributed by atoms with Crippen LogP contribution in [0, 0.1) is 17.6 Å². The maximum atomic E-state index is 14.4. The zero-order valence-electron chi connectivity index (χ0n) is 17.9. The van der Waals surface area contributed by atoms with Crippen LogP contribution in [0.2, 0.25) is 0 Å². The van der Waals surface area contributed by atoms with Crippen LogP contribution in [0.3, 0.4) is 0 Å². The number of aromatic nitrogens is 1. The summed E-state index contributed by atoms with van der Waals surface area (Å²) in [5.41, 5.74) is 0.525. The van der Waals surface area contributed by atoms with Gasteiger partial charge in [-0.1, -0.05) is 6.07 Å². The summed E-state index contributed by atoms with van der Waals surface area (Å²) in [6.45, 7) is 0.858. The molecule has 34 heavy (non-hydrogen) atoms. The number of nitrogens with zero attached hydrogens (tertiary/aromatic N) is 2. The van der Waals surface area contributed by atoms with Crippen LogP contribution in [-0.4, -0.2) is 36.3 Å². The number of nitrogens with one attached hydrogen (secondary N) is 1. The Morgan fingerprint density at radius 2 is 1.74 bits per heavy atom. The summed E-state index contributed by atoms with van der Waals surface area (Å²) in [4.78, 5) is 24.6. The largest absolute Gasteiger partial charge is 0.322 e. The lowest BCUT2D eigenvalue weighted by Crippen LogP contribution is -2.49. The SMILES string of the molecule is O=C(Nc1ccc(F)cc1)c1cc(S(=O)(=O)N2CC3CC(C2)c2cccc(=O)n2C3)ccc1F. The first-order chi connectivity index (χ1) is 16.2. The number of anilines is 1. The lowest BCUT2D eigenvalue weighted by molar-refractivity contribution is 0.102. The highest BCUT2D eigenvalue weighted by Gasteiger charge is 2.39. The predicted octanol–water partition coefficient (Wildman–Crippen LogP) is 3.19. The molecule has 2 bridgehead atoms. The highest BCUT2D eigenvalue weighted by Crippen LogP contribution is 2.37. The number of carbonyl (C=O) groups excluding carboxylic acids is 1. The molecule has 1 aromatic heterocycles. The number of amides is 1. The van der Waals surface area contributed by atoms with Gasteiger partial charge in [0.1, 0.15) is 11.6 Å². The Morgan fingerprint density at radius 3 is 2.50 bits per heavy atom. The molecule has 1 N–H and O–H groups in total. The molecule has 1 saturated heterocycles. The first kappa shape index (κ1) is 22.4. The zero-order valence-corrected chi connectivity index (χ0v) is 18.8. The van der Waals surface area contributed by atoms with E-state index in [2.05, 4.69) is 5.32 Å². The monoisotopic (exact) mass is 485 g/mol. The number of halogens is 2. The van der Waals surface area contributed by atoms with Gasteiger partial charge in [-0.3, -0.25) is 9.59 Å². The van der Waals surface area contributed by atoms with E-state index in [0.717, 1.165) is 42.4 Å². The normalized spacial score (nSPS) is 19.9. The molecule has 0 aliphatic carbocycles. The minimum atomic E-state index is -4.02. The van der Waals surface area contributed by atoms with Crippen LogP contribution in [0.15, 0.2) is 70.4 Å². The summed E-state index contributed by atoms with van der Waals surface area (Å²) in [5.74, 6) is -2.36. The summed E-state index contributed by atoms with van der Waals surface area (Å²) in [5, 5.41) is 2.45. The van der Waals surface area contributed by atoms with Crippen molar-refractivity contribution in [3.05, 3.63) is 93.9 Å². The Morgan fingerprint density at radius 1 is 0.971 bits per heavy atom. The Bertz CT molecular complexity index is 1440. The van der Waals surface area contributed by atoms with Gasteiger partial charge in [0.05, 0.1) is 10.5 Å². The maximum absolute atomic E-state index is 14.4. The van der Waals surface area contributed by atoms with Crippen molar-refractivity contribution in [2.75, 3.05) is 18.4 Å². The molecule has 1 amide bonds. The van der Waals surface area contributed by atoms with Crippen molar-refractivity contribution in [3.63, 3.8) is 0 Å². The third-order valence-electron chi connectivity index (χ3n) is 6.37. The van der Waals surface area contributed by atoms with Crippen LogP contribution in [0.25, 0.3) is 0 Å². The first-order valence-corrected chi connectivity index (χ1v) is 12.2. The smallest absolute Gasteiger partial charge is 0.258 e. The number of rotatable bonds is 4. The van der Waals surface area contributed by atoms with Crippen molar-refractivity contribution < 1.29 is 22.0 Å². The molecule has 3 aromatic rings. The number of pyridine rings is 1. The lowest BCUT2D eigenvalue weighted by Gasteiger charge is -2.42. The molecular formula is C24H21F2N3O4S. The summed E-state index contributed by atoms with van der Waals surface area (Å²) >= 11 is 0. The fraction of sp³-hybridized carbons (Fsp3) is 0.250. The van der Waals surface area contributed by atoms with Crippen LogP contribution in [-0.2, 0) is 16.6 Å². The summed E-state index contributed by atoms with van der Waals surface area (Å²) in [6, 6.07) is 13.1. The fourth-order valence-corrected chi connectivity index (χ4v) is 6.36. The van der Waals surface area contributed by atoms with E-state index in [0.29, 0.717) is 6.54 Å². The number of fused-ring (bicyclic) bond motifs is 4. The Labute approximate surface area is 194 Å². The van der Waals surface area contributed by atoms with Gasteiger partial charge in [0.25, 0.3) is 11.5 Å². The van der Waals surface area contributed by atoms with Gasteiger partial charge in [0.15, 0.2) is 0 Å². The molecule has 2 aliphatic rings. The van der Waals surface area contributed by atoms with Crippen molar-refractivity contribution in [2.24, 2.45) is 5.92 Å². The zero-order chi connectivity index (χ0) is 24.0. The summed E-state index contributed by atoms with van der Waals surface area (Å²) < 4.78 is 57.5. The van der Waals surface area contributed by atoms with E-state index in [9.17, 15) is 26.8 Å². The van der Waals surface area contributed by atoms with Crippen LogP contribution >= 0.6 is 0 Å². The highest BCUT2D eigenvalue weighted by molar-refractivity contribution is 7.89. The van der Waals surface area contributed by atoms with E-state index in [1.807, 2.05) is 6.07 Å². The van der Waals surface area contributed by atoms with Gasteiger partial charge in [-0.25, -0.2) is 17.2 Å². The highest BCUT2D eigenvalue weighted by atomic mass is 32.2. The molecule has 5 rings (SSSR count). The molecule has 0 spiro atoms. The van der Waals surface area contributed by atoms with Gasteiger partial charge in [0.2, 0.25) is 10.0 Å². The van der Waals surface area contributed by atoms with Gasteiger partial charge < -0.3 is 9.88 Å². The molecule has 2 atom stereocenters. The van der Waals surface area contributed by atoms with Crippen molar-refractivity contribution >= 4 is 21.6 Å². The minimum Gasteiger partial charge on any atom is -0.322 e. The van der Waals surface area contributed by atoms with Crippen molar-refractivity contribution in [2.45, 2.75) is 23.8 Å². The standard InChI is InChI=1S/C24H21F2N3O4S/c25-17-4-6-18(7-5-17)27-24(31)20-11-19(8-9-21(20)26)34(32,33)28-12-15-10-16(14-28)22-2-1-3-23(30)29(22)13-15/h1-9,11,15-16H,10,12-14H2,(H,27,31). The Balaban J connectivity index is 1.42.